The van der Waals surface area contributed by atoms with Gasteiger partial charge in [-0.05, 0) is 76.6 Å². The molecule has 2 rings (SSSR count). The lowest BCUT2D eigenvalue weighted by Gasteiger charge is -2.16. The predicted octanol–water partition coefficient (Wildman–Crippen LogP) is 4.57. The summed E-state index contributed by atoms with van der Waals surface area (Å²) in [5, 5.41) is 0. The summed E-state index contributed by atoms with van der Waals surface area (Å²) in [6, 6.07) is 2.77. The van der Waals surface area contributed by atoms with Gasteiger partial charge in [-0.2, -0.15) is 8.78 Å². The average Bonchev–Trinajstić information content (AvgIpc) is 3.35. The molecule has 0 spiro atoms. The molecule has 2 N–H and O–H groups in total. The van der Waals surface area contributed by atoms with Gasteiger partial charge in [0.1, 0.15) is 5.57 Å². The number of alkyl halides is 2. The van der Waals surface area contributed by atoms with E-state index in [1.54, 1.807) is 13.8 Å². The number of nitrogens with two attached hydrogens (primary N) is 1. The van der Waals surface area contributed by atoms with Crippen LogP contribution in [0.15, 0.2) is 32.3 Å². The van der Waals surface area contributed by atoms with Crippen molar-refractivity contribution in [2.24, 2.45) is 11.7 Å². The zero-order valence-corrected chi connectivity index (χ0v) is 17.2. The Balaban J connectivity index is 2.49. The maximum absolute atomic E-state index is 13.0. The summed E-state index contributed by atoms with van der Waals surface area (Å²) < 4.78 is 35.1. The maximum Gasteiger partial charge on any atom is 0.387 e. The number of hydrogen-bond acceptors (Lipinski definition) is 5. The first-order valence-corrected chi connectivity index (χ1v) is 9.40. The average molecular weight is 497 g/mol. The molecule has 0 radical (unpaired) electrons. The number of hydrogen-bond donors (Lipinski definition) is 1. The van der Waals surface area contributed by atoms with Crippen LogP contribution in [0.5, 0.6) is 5.75 Å². The Morgan fingerprint density at radius 3 is 2.35 bits per heavy atom. The molecule has 1 aromatic carbocycles. The van der Waals surface area contributed by atoms with Crippen LogP contribution in [0.25, 0.3) is 0 Å². The lowest BCUT2D eigenvalue weighted by atomic mass is 9.99. The number of benzene rings is 1. The van der Waals surface area contributed by atoms with Crippen molar-refractivity contribution in [3.63, 3.8) is 0 Å². The Bertz CT molecular complexity index is 761. The van der Waals surface area contributed by atoms with Gasteiger partial charge in [-0.3, -0.25) is 4.79 Å². The number of allylic oxidation sites excluding steroid dienone is 1. The van der Waals surface area contributed by atoms with Crippen LogP contribution in [0.4, 0.5) is 8.78 Å². The molecule has 142 valence electrons. The number of halogens is 4. The maximum atomic E-state index is 13.0. The van der Waals surface area contributed by atoms with Crippen LogP contribution in [0.3, 0.4) is 0 Å². The number of carbonyl (C=O) groups excluding carboxylic acids is 2. The highest BCUT2D eigenvalue weighted by atomic mass is 79.9. The largest absolute Gasteiger partial charge is 0.459 e. The highest BCUT2D eigenvalue weighted by Crippen LogP contribution is 2.40. The molecule has 26 heavy (non-hydrogen) atoms. The number of carbonyl (C=O) groups is 2. The molecule has 1 aliphatic carbocycles. The van der Waals surface area contributed by atoms with Crippen molar-refractivity contribution in [3.05, 3.63) is 37.9 Å². The van der Waals surface area contributed by atoms with Crippen LogP contribution in [-0.4, -0.2) is 24.5 Å². The summed E-state index contributed by atoms with van der Waals surface area (Å²) in [4.78, 5) is 25.4. The van der Waals surface area contributed by atoms with Gasteiger partial charge in [0.15, 0.2) is 5.75 Å². The second kappa shape index (κ2) is 8.47. The van der Waals surface area contributed by atoms with Crippen molar-refractivity contribution in [1.29, 1.82) is 0 Å². The van der Waals surface area contributed by atoms with Gasteiger partial charge in [0, 0.05) is 11.3 Å². The third kappa shape index (κ3) is 4.82. The summed E-state index contributed by atoms with van der Waals surface area (Å²) >= 11 is 6.20. The zero-order valence-electron chi connectivity index (χ0n) is 14.0. The van der Waals surface area contributed by atoms with Crippen molar-refractivity contribution in [3.8, 4) is 5.75 Å². The van der Waals surface area contributed by atoms with Gasteiger partial charge >= 0.3 is 12.6 Å². The van der Waals surface area contributed by atoms with Gasteiger partial charge < -0.3 is 15.2 Å². The third-order valence-corrected chi connectivity index (χ3v) is 4.99. The van der Waals surface area contributed by atoms with E-state index in [-0.39, 0.29) is 37.4 Å². The topological polar surface area (TPSA) is 78.6 Å². The molecule has 1 aliphatic rings. The summed E-state index contributed by atoms with van der Waals surface area (Å²) in [6.07, 6.45) is 1.11. The predicted molar refractivity (Wildman–Crippen MR) is 98.0 cm³/mol. The van der Waals surface area contributed by atoms with E-state index in [0.29, 0.717) is 0 Å². The molecule has 0 unspecified atom stereocenters. The second-order valence-corrected chi connectivity index (χ2v) is 7.65. The van der Waals surface area contributed by atoms with Crippen LogP contribution >= 0.6 is 31.9 Å². The Labute approximate surface area is 166 Å². The van der Waals surface area contributed by atoms with Crippen molar-refractivity contribution < 1.29 is 27.8 Å². The number of rotatable bonds is 7. The van der Waals surface area contributed by atoms with Crippen LogP contribution in [0.2, 0.25) is 0 Å². The van der Waals surface area contributed by atoms with E-state index in [2.05, 4.69) is 36.6 Å². The standard InChI is InChI=1S/C17H17Br2F2NO4/c1-7(2)25-16(24)11(13(22)8-3-4-8)14(23)9-5-6-10(18)15(12(9)19)26-17(20)21/h5-8,17H,3-4,22H2,1-2H3. The van der Waals surface area contributed by atoms with Crippen molar-refractivity contribution >= 4 is 43.6 Å². The van der Waals surface area contributed by atoms with Gasteiger partial charge in [0.2, 0.25) is 5.78 Å². The minimum atomic E-state index is -3.08. The molecule has 0 bridgehead atoms. The monoisotopic (exact) mass is 495 g/mol. The van der Waals surface area contributed by atoms with E-state index in [9.17, 15) is 18.4 Å². The Morgan fingerprint density at radius 2 is 1.85 bits per heavy atom. The zero-order chi connectivity index (χ0) is 19.6. The minimum Gasteiger partial charge on any atom is -0.459 e. The van der Waals surface area contributed by atoms with E-state index in [1.807, 2.05) is 0 Å². The molecule has 1 fully saturated rings. The summed E-state index contributed by atoms with van der Waals surface area (Å²) in [5.74, 6) is -1.84. The number of ketones is 1. The first-order valence-electron chi connectivity index (χ1n) is 7.81. The normalized spacial score (nSPS) is 15.1. The molecular formula is C17H17Br2F2NO4. The molecule has 0 atom stereocenters. The smallest absolute Gasteiger partial charge is 0.387 e. The molecule has 5 nitrogen and oxygen atoms in total. The Kier molecular flexibility index (Phi) is 6.79. The van der Waals surface area contributed by atoms with E-state index in [4.69, 9.17) is 10.5 Å². The van der Waals surface area contributed by atoms with Crippen molar-refractivity contribution in [2.75, 3.05) is 0 Å². The molecule has 1 saturated carbocycles. The first kappa shape index (κ1) is 20.8. The fourth-order valence-electron chi connectivity index (χ4n) is 2.25. The van der Waals surface area contributed by atoms with Crippen LogP contribution in [0, 0.1) is 5.92 Å². The van der Waals surface area contributed by atoms with E-state index in [1.165, 1.54) is 12.1 Å². The molecule has 0 aromatic heterocycles. The van der Waals surface area contributed by atoms with Gasteiger partial charge in [-0.1, -0.05) is 0 Å². The van der Waals surface area contributed by atoms with Gasteiger partial charge in [0.05, 0.1) is 15.0 Å². The van der Waals surface area contributed by atoms with Gasteiger partial charge in [-0.25, -0.2) is 4.79 Å². The highest BCUT2D eigenvalue weighted by Gasteiger charge is 2.35. The van der Waals surface area contributed by atoms with Gasteiger partial charge in [0.25, 0.3) is 0 Å². The number of ether oxygens (including phenoxy) is 2. The molecule has 0 aliphatic heterocycles. The summed E-state index contributed by atoms with van der Waals surface area (Å²) in [6.45, 7) is 0.222. The minimum absolute atomic E-state index is 0.00406. The Morgan fingerprint density at radius 1 is 1.23 bits per heavy atom. The summed E-state index contributed by atoms with van der Waals surface area (Å²) in [7, 11) is 0. The number of Topliss-reactive ketones (excluding diaryl/α,β-unsaturated/α-hetero) is 1. The lowest BCUT2D eigenvalue weighted by Crippen LogP contribution is -2.24. The highest BCUT2D eigenvalue weighted by molar-refractivity contribution is 9.11. The SMILES string of the molecule is CC(C)OC(=O)C(C(=O)c1ccc(Br)c(OC(F)F)c1Br)=C(N)C1CC1. The van der Waals surface area contributed by atoms with E-state index >= 15 is 0 Å². The number of esters is 1. The third-order valence-electron chi connectivity index (χ3n) is 3.58. The molecule has 0 saturated heterocycles. The quantitative estimate of drug-likeness (QED) is 0.197. The molecule has 0 amide bonds. The van der Waals surface area contributed by atoms with Crippen LogP contribution < -0.4 is 10.5 Å². The van der Waals surface area contributed by atoms with Crippen LogP contribution in [-0.2, 0) is 9.53 Å². The lowest BCUT2D eigenvalue weighted by molar-refractivity contribution is -0.142. The first-order chi connectivity index (χ1) is 12.1. The molecular weight excluding hydrogens is 480 g/mol. The fourth-order valence-corrected chi connectivity index (χ4v) is 3.56. The fraction of sp³-hybridized carbons (Fsp3) is 0.412. The molecule has 1 aromatic rings. The molecule has 0 heterocycles. The molecule has 9 heteroatoms. The summed E-state index contributed by atoms with van der Waals surface area (Å²) in [5.41, 5.74) is 5.88. The van der Waals surface area contributed by atoms with Crippen molar-refractivity contribution in [2.45, 2.75) is 39.4 Å². The van der Waals surface area contributed by atoms with Gasteiger partial charge in [-0.15, -0.1) is 0 Å². The van der Waals surface area contributed by atoms with E-state index in [0.717, 1.165) is 12.8 Å². The second-order valence-electron chi connectivity index (χ2n) is 6.00. The Hall–Kier alpha value is -1.48. The van der Waals surface area contributed by atoms with Crippen molar-refractivity contribution in [1.82, 2.24) is 0 Å². The van der Waals surface area contributed by atoms with E-state index < -0.39 is 24.5 Å². The van der Waals surface area contributed by atoms with Crippen LogP contribution in [0.1, 0.15) is 37.0 Å².